The highest BCUT2D eigenvalue weighted by atomic mass is 79.9. The van der Waals surface area contributed by atoms with Crippen molar-refractivity contribution in [1.82, 2.24) is 0 Å². The number of alkyl halides is 1. The third-order valence-electron chi connectivity index (χ3n) is 1.48. The van der Waals surface area contributed by atoms with Gasteiger partial charge >= 0.3 is 0 Å². The zero-order chi connectivity index (χ0) is 8.65. The molecule has 2 heteroatoms. The van der Waals surface area contributed by atoms with Gasteiger partial charge in [0.05, 0.1) is 6.61 Å². The number of hydrogen-bond donors (Lipinski definition) is 0. The summed E-state index contributed by atoms with van der Waals surface area (Å²) in [5.41, 5.74) is 1.21. The third-order valence-corrected chi connectivity index (χ3v) is 2.04. The Morgan fingerprint density at radius 2 is 2.08 bits per heavy atom. The van der Waals surface area contributed by atoms with Crippen LogP contribution in [0.2, 0.25) is 0 Å². The van der Waals surface area contributed by atoms with Crippen molar-refractivity contribution in [3.05, 3.63) is 35.9 Å². The van der Waals surface area contributed by atoms with E-state index in [1.807, 2.05) is 24.3 Å². The minimum absolute atomic E-state index is 0.710. The van der Waals surface area contributed by atoms with Crippen LogP contribution in [0.3, 0.4) is 0 Å². The second-order valence-corrected chi connectivity index (χ2v) is 3.30. The molecular weight excluding hydrogens is 216 g/mol. The van der Waals surface area contributed by atoms with Gasteiger partial charge in [-0.15, -0.1) is 0 Å². The van der Waals surface area contributed by atoms with Gasteiger partial charge in [-0.1, -0.05) is 40.2 Å². The summed E-state index contributed by atoms with van der Waals surface area (Å²) < 4.78 is 5.42. The minimum atomic E-state index is 0.710. The Balaban J connectivity index is 2.16. The predicted octanol–water partition coefficient (Wildman–Crippen LogP) is 2.79. The Morgan fingerprint density at radius 1 is 1.33 bits per heavy atom. The fourth-order valence-corrected chi connectivity index (χ4v) is 1.09. The van der Waals surface area contributed by atoms with Crippen LogP contribution >= 0.6 is 15.9 Å². The second-order valence-electron chi connectivity index (χ2n) is 2.50. The molecule has 65 valence electrons. The molecule has 1 rings (SSSR count). The lowest BCUT2D eigenvalue weighted by Gasteiger charge is -2.01. The number of benzene rings is 1. The van der Waals surface area contributed by atoms with Gasteiger partial charge in [-0.05, 0) is 18.1 Å². The fraction of sp³-hybridized carbons (Fsp3) is 0.400. The van der Waals surface area contributed by atoms with Crippen LogP contribution in [0.15, 0.2) is 24.3 Å². The van der Waals surface area contributed by atoms with Gasteiger partial charge in [-0.25, -0.2) is 0 Å². The molecule has 0 bridgehead atoms. The van der Waals surface area contributed by atoms with E-state index in [1.165, 1.54) is 5.56 Å². The van der Waals surface area contributed by atoms with Gasteiger partial charge in [-0.3, -0.25) is 0 Å². The molecule has 12 heavy (non-hydrogen) atoms. The van der Waals surface area contributed by atoms with E-state index in [4.69, 9.17) is 4.74 Å². The Bertz CT molecular complexity index is 198. The molecule has 0 amide bonds. The van der Waals surface area contributed by atoms with Gasteiger partial charge in [0.15, 0.2) is 0 Å². The lowest BCUT2D eigenvalue weighted by Crippen LogP contribution is -1.95. The van der Waals surface area contributed by atoms with Crippen LogP contribution < -0.4 is 0 Å². The first kappa shape index (κ1) is 9.75. The average Bonchev–Trinajstić information content (AvgIpc) is 2.14. The van der Waals surface area contributed by atoms with Crippen LogP contribution in [0.4, 0.5) is 0 Å². The summed E-state index contributed by atoms with van der Waals surface area (Å²) in [6.45, 7) is 1.53. The van der Waals surface area contributed by atoms with Gasteiger partial charge in [0.1, 0.15) is 0 Å². The van der Waals surface area contributed by atoms with Crippen LogP contribution in [0, 0.1) is 6.07 Å². The normalized spacial score (nSPS) is 10.1. The van der Waals surface area contributed by atoms with E-state index < -0.39 is 0 Å². The Hall–Kier alpha value is -0.340. The highest BCUT2D eigenvalue weighted by molar-refractivity contribution is 9.09. The van der Waals surface area contributed by atoms with E-state index in [-0.39, 0.29) is 0 Å². The lowest BCUT2D eigenvalue weighted by molar-refractivity contribution is 0.122. The first-order valence-electron chi connectivity index (χ1n) is 4.02. The van der Waals surface area contributed by atoms with Crippen LogP contribution in [-0.4, -0.2) is 11.9 Å². The van der Waals surface area contributed by atoms with Crippen molar-refractivity contribution in [3.8, 4) is 0 Å². The molecule has 0 heterocycles. The molecule has 1 aromatic carbocycles. The van der Waals surface area contributed by atoms with Gasteiger partial charge < -0.3 is 4.74 Å². The van der Waals surface area contributed by atoms with E-state index in [0.29, 0.717) is 6.61 Å². The van der Waals surface area contributed by atoms with E-state index in [9.17, 15) is 0 Å². The van der Waals surface area contributed by atoms with Crippen molar-refractivity contribution < 1.29 is 4.74 Å². The minimum Gasteiger partial charge on any atom is -0.377 e. The van der Waals surface area contributed by atoms with Crippen LogP contribution in [0.5, 0.6) is 0 Å². The van der Waals surface area contributed by atoms with E-state index >= 15 is 0 Å². The van der Waals surface area contributed by atoms with Gasteiger partial charge in [0.2, 0.25) is 0 Å². The highest BCUT2D eigenvalue weighted by Gasteiger charge is 1.90. The third kappa shape index (κ3) is 3.88. The molecular formula is C10H12BrO. The molecule has 0 aromatic heterocycles. The molecule has 0 saturated carbocycles. The quantitative estimate of drug-likeness (QED) is 0.556. The molecule has 0 N–H and O–H groups in total. The maximum Gasteiger partial charge on any atom is 0.0716 e. The summed E-state index contributed by atoms with van der Waals surface area (Å²) in [6, 6.07) is 10.8. The lowest BCUT2D eigenvalue weighted by atomic mass is 10.2. The highest BCUT2D eigenvalue weighted by Crippen LogP contribution is 2.00. The van der Waals surface area contributed by atoms with Crippen molar-refractivity contribution in [2.45, 2.75) is 13.0 Å². The summed E-state index contributed by atoms with van der Waals surface area (Å²) in [6.07, 6.45) is 1.07. The smallest absolute Gasteiger partial charge is 0.0716 e. The number of hydrogen-bond acceptors (Lipinski definition) is 1. The van der Waals surface area contributed by atoms with Crippen molar-refractivity contribution in [3.63, 3.8) is 0 Å². The molecule has 1 radical (unpaired) electrons. The number of ether oxygens (including phenoxy) is 1. The predicted molar refractivity (Wildman–Crippen MR) is 53.3 cm³/mol. The summed E-state index contributed by atoms with van der Waals surface area (Å²) >= 11 is 3.35. The molecule has 0 atom stereocenters. The molecule has 0 fully saturated rings. The first-order chi connectivity index (χ1) is 5.93. The van der Waals surface area contributed by atoms with Gasteiger partial charge in [-0.2, -0.15) is 0 Å². The van der Waals surface area contributed by atoms with E-state index in [0.717, 1.165) is 18.4 Å². The second kappa shape index (κ2) is 6.21. The molecule has 1 nitrogen and oxygen atoms in total. The molecule has 0 aliphatic rings. The topological polar surface area (TPSA) is 9.23 Å². The van der Waals surface area contributed by atoms with E-state index in [2.05, 4.69) is 22.0 Å². The summed E-state index contributed by atoms with van der Waals surface area (Å²) in [5, 5.41) is 1.01. The number of rotatable bonds is 5. The van der Waals surface area contributed by atoms with E-state index in [1.54, 1.807) is 0 Å². The van der Waals surface area contributed by atoms with Crippen LogP contribution in [0.1, 0.15) is 12.0 Å². The summed E-state index contributed by atoms with van der Waals surface area (Å²) in [4.78, 5) is 0. The molecule has 0 spiro atoms. The fourth-order valence-electron chi connectivity index (χ4n) is 0.864. The maximum absolute atomic E-state index is 5.42. The Labute approximate surface area is 81.9 Å². The summed E-state index contributed by atoms with van der Waals surface area (Å²) in [7, 11) is 0. The SMILES string of the molecule is BrCCCOCc1cc[c]cc1. The van der Waals surface area contributed by atoms with Crippen molar-refractivity contribution >= 4 is 15.9 Å². The standard InChI is InChI=1S/C10H12BrO/c11-7-4-8-12-9-10-5-2-1-3-6-10/h2-3,5-6H,4,7-9H2. The average molecular weight is 228 g/mol. The molecule has 0 aliphatic carbocycles. The Morgan fingerprint density at radius 3 is 2.75 bits per heavy atom. The first-order valence-corrected chi connectivity index (χ1v) is 5.14. The molecule has 0 aliphatic heterocycles. The van der Waals surface area contributed by atoms with Crippen LogP contribution in [-0.2, 0) is 11.3 Å². The Kier molecular flexibility index (Phi) is 5.04. The van der Waals surface area contributed by atoms with Gasteiger partial charge in [0.25, 0.3) is 0 Å². The van der Waals surface area contributed by atoms with Crippen molar-refractivity contribution in [2.75, 3.05) is 11.9 Å². The largest absolute Gasteiger partial charge is 0.377 e. The molecule has 0 unspecified atom stereocenters. The monoisotopic (exact) mass is 227 g/mol. The van der Waals surface area contributed by atoms with Crippen LogP contribution in [0.25, 0.3) is 0 Å². The van der Waals surface area contributed by atoms with Crippen molar-refractivity contribution in [1.29, 1.82) is 0 Å². The maximum atomic E-state index is 5.42. The molecule has 1 aromatic rings. The zero-order valence-corrected chi connectivity index (χ0v) is 8.51. The molecule has 0 saturated heterocycles. The van der Waals surface area contributed by atoms with Crippen molar-refractivity contribution in [2.24, 2.45) is 0 Å². The van der Waals surface area contributed by atoms with Gasteiger partial charge in [0, 0.05) is 11.9 Å². The zero-order valence-electron chi connectivity index (χ0n) is 6.92. The number of halogens is 1. The summed E-state index contributed by atoms with van der Waals surface area (Å²) in [5.74, 6) is 0.